The first-order valence-electron chi connectivity index (χ1n) is 20.1. The maximum Gasteiger partial charge on any atom is 0.509 e. The minimum absolute atomic E-state index is 0.142. The highest BCUT2D eigenvalue weighted by Crippen LogP contribution is 2.43. The lowest BCUT2D eigenvalue weighted by atomic mass is 9.77. The average Bonchev–Trinajstić information content (AvgIpc) is 3.99. The second kappa shape index (κ2) is 16.7. The maximum absolute atomic E-state index is 13.9. The average molecular weight is 803 g/mol. The van der Waals surface area contributed by atoms with E-state index in [1.54, 1.807) is 20.8 Å². The van der Waals surface area contributed by atoms with Gasteiger partial charge in [-0.15, -0.1) is 5.10 Å². The summed E-state index contributed by atoms with van der Waals surface area (Å²) in [5.41, 5.74) is 4.60. The summed E-state index contributed by atoms with van der Waals surface area (Å²) in [6.45, 7) is 6.97. The Morgan fingerprint density at radius 1 is 0.783 bits per heavy atom. The van der Waals surface area contributed by atoms with Crippen LogP contribution in [0.15, 0.2) is 140 Å². The van der Waals surface area contributed by atoms with Gasteiger partial charge in [0.15, 0.2) is 17.6 Å². The van der Waals surface area contributed by atoms with Crippen molar-refractivity contribution in [3.63, 3.8) is 0 Å². The first kappa shape index (κ1) is 39.9. The molecule has 12 heteroatoms. The summed E-state index contributed by atoms with van der Waals surface area (Å²) >= 11 is 0. The number of esters is 1. The number of benzene rings is 5. The quantitative estimate of drug-likeness (QED) is 0.0842. The summed E-state index contributed by atoms with van der Waals surface area (Å²) in [5, 5.41) is 25.0. The van der Waals surface area contributed by atoms with Crippen LogP contribution >= 0.6 is 0 Å². The number of carbonyl (C=O) groups excluding carboxylic acids is 2. The Morgan fingerprint density at radius 3 is 1.88 bits per heavy atom. The van der Waals surface area contributed by atoms with Crippen molar-refractivity contribution in [3.8, 4) is 22.5 Å². The van der Waals surface area contributed by atoms with Crippen molar-refractivity contribution in [1.29, 1.82) is 0 Å². The van der Waals surface area contributed by atoms with Crippen LogP contribution in [0.4, 0.5) is 4.79 Å². The third-order valence-corrected chi connectivity index (χ3v) is 10.9. The molecule has 8 rings (SSSR count). The molecule has 0 radical (unpaired) electrons. The molecule has 2 aromatic heterocycles. The van der Waals surface area contributed by atoms with E-state index >= 15 is 0 Å². The molecule has 2 atom stereocenters. The van der Waals surface area contributed by atoms with Crippen molar-refractivity contribution in [2.75, 3.05) is 6.61 Å². The Morgan fingerprint density at radius 2 is 1.35 bits per heavy atom. The van der Waals surface area contributed by atoms with Crippen molar-refractivity contribution in [3.05, 3.63) is 179 Å². The fraction of sp³-hybridized carbons (Fsp3) is 0.250. The molecule has 304 valence electrons. The lowest BCUT2D eigenvalue weighted by molar-refractivity contribution is 0.0219. The van der Waals surface area contributed by atoms with E-state index in [0.29, 0.717) is 18.1 Å². The molecule has 1 aliphatic rings. The second-order valence-corrected chi connectivity index (χ2v) is 15.4. The number of ether oxygens (including phenoxy) is 3. The molecule has 1 saturated heterocycles. The summed E-state index contributed by atoms with van der Waals surface area (Å²) < 4.78 is 19.7. The molecule has 0 bridgehead atoms. The summed E-state index contributed by atoms with van der Waals surface area (Å²) in [4.78, 5) is 30.3. The number of imidazole rings is 1. The van der Waals surface area contributed by atoms with E-state index < -0.39 is 35.5 Å². The van der Waals surface area contributed by atoms with Gasteiger partial charge < -0.3 is 23.9 Å². The van der Waals surface area contributed by atoms with E-state index in [-0.39, 0.29) is 24.5 Å². The van der Waals surface area contributed by atoms with Gasteiger partial charge in [-0.25, -0.2) is 19.3 Å². The molecule has 0 saturated carbocycles. The van der Waals surface area contributed by atoms with Gasteiger partial charge in [-0.2, -0.15) is 0 Å². The highest BCUT2D eigenvalue weighted by Gasteiger charge is 2.42. The number of tetrazole rings is 1. The molecule has 0 spiro atoms. The van der Waals surface area contributed by atoms with Crippen LogP contribution in [0.2, 0.25) is 0 Å². The van der Waals surface area contributed by atoms with Gasteiger partial charge in [0.25, 0.3) is 0 Å². The highest BCUT2D eigenvalue weighted by molar-refractivity contribution is 5.89. The van der Waals surface area contributed by atoms with Crippen LogP contribution < -0.4 is 0 Å². The fourth-order valence-corrected chi connectivity index (χ4v) is 7.98. The Kier molecular flexibility index (Phi) is 11.1. The molecular formula is C48H46N6O6. The van der Waals surface area contributed by atoms with E-state index in [1.807, 2.05) is 113 Å². The predicted octanol–water partition coefficient (Wildman–Crippen LogP) is 8.35. The van der Waals surface area contributed by atoms with Crippen LogP contribution in [0.25, 0.3) is 22.5 Å². The Labute approximate surface area is 348 Å². The maximum atomic E-state index is 13.9. The molecule has 0 amide bonds. The van der Waals surface area contributed by atoms with Crippen molar-refractivity contribution in [2.24, 2.45) is 0 Å². The molecule has 1 fully saturated rings. The molecule has 1 N–H and O–H groups in total. The van der Waals surface area contributed by atoms with Gasteiger partial charge in [-0.3, -0.25) is 0 Å². The number of aromatic nitrogens is 6. The second-order valence-electron chi connectivity index (χ2n) is 15.4. The lowest BCUT2D eigenvalue weighted by Crippen LogP contribution is -2.39. The van der Waals surface area contributed by atoms with Gasteiger partial charge in [0.1, 0.15) is 35.4 Å². The summed E-state index contributed by atoms with van der Waals surface area (Å²) in [7, 11) is 0. The smallest absolute Gasteiger partial charge is 0.457 e. The van der Waals surface area contributed by atoms with Gasteiger partial charge in [0.2, 0.25) is 0 Å². The Balaban J connectivity index is 1.17. The minimum Gasteiger partial charge on any atom is -0.457 e. The monoisotopic (exact) mass is 802 g/mol. The number of hydrogen-bond acceptors (Lipinski definition) is 10. The van der Waals surface area contributed by atoms with Crippen molar-refractivity contribution in [2.45, 2.75) is 70.4 Å². The highest BCUT2D eigenvalue weighted by atomic mass is 16.8. The number of hydrogen-bond donors (Lipinski definition) is 1. The number of aryl methyl sites for hydroxylation is 1. The van der Waals surface area contributed by atoms with E-state index in [4.69, 9.17) is 29.5 Å². The van der Waals surface area contributed by atoms with Crippen molar-refractivity contribution >= 4 is 12.1 Å². The van der Waals surface area contributed by atoms with E-state index in [1.165, 1.54) is 0 Å². The summed E-state index contributed by atoms with van der Waals surface area (Å²) in [5.74, 6) is 0.549. The van der Waals surface area contributed by atoms with Crippen molar-refractivity contribution < 1.29 is 28.9 Å². The largest absolute Gasteiger partial charge is 0.509 e. The minimum atomic E-state index is -1.44. The zero-order valence-corrected chi connectivity index (χ0v) is 33.9. The zero-order valence-electron chi connectivity index (χ0n) is 33.9. The van der Waals surface area contributed by atoms with Crippen LogP contribution in [-0.2, 0) is 38.3 Å². The molecule has 60 heavy (non-hydrogen) atoms. The van der Waals surface area contributed by atoms with E-state index in [2.05, 4.69) is 47.7 Å². The third kappa shape index (κ3) is 7.57. The Bertz CT molecular complexity index is 2490. The predicted molar refractivity (Wildman–Crippen MR) is 225 cm³/mol. The zero-order chi connectivity index (χ0) is 41.9. The molecule has 3 heterocycles. The molecule has 5 aromatic carbocycles. The number of aliphatic hydroxyl groups is 1. The molecule has 7 aromatic rings. The SMILES string of the molecule is CCCc1nc(C(C)(C)O)c(C(=O)OCC2OC(=O)OC2C)n1Cc1ccc(-c2ccccc2-c2nnnn2C(c2ccccc2)(c2ccccc2)c2ccccc2)cc1. The Hall–Kier alpha value is -6.92. The normalized spacial score (nSPS) is 15.4. The molecule has 0 aliphatic carbocycles. The van der Waals surface area contributed by atoms with Crippen LogP contribution in [-0.4, -0.2) is 65.8 Å². The third-order valence-electron chi connectivity index (χ3n) is 10.9. The standard InChI is InChI=1S/C48H46N6O6/c1-5-17-41-49-43(47(3,4)57)42(45(55)58-31-40-32(2)59-46(56)60-40)53(41)30-33-26-28-34(29-27-33)38-24-15-16-25-39(38)44-50-51-52-54(44)48(35-18-9-6-10-19-35,36-20-11-7-12-21-36)37-22-13-8-14-23-37/h6-16,18-29,32,40,57H,5,17,30-31H2,1-4H3. The molecule has 12 nitrogen and oxygen atoms in total. The lowest BCUT2D eigenvalue weighted by Gasteiger charge is -2.36. The van der Waals surface area contributed by atoms with Gasteiger partial charge in [0, 0.05) is 18.5 Å². The van der Waals surface area contributed by atoms with Gasteiger partial charge >= 0.3 is 12.1 Å². The number of rotatable bonds is 14. The van der Waals surface area contributed by atoms with E-state index in [9.17, 15) is 14.7 Å². The first-order chi connectivity index (χ1) is 29.1. The summed E-state index contributed by atoms with van der Waals surface area (Å²) in [6.07, 6.45) is -0.794. The molecule has 2 unspecified atom stereocenters. The number of cyclic esters (lactones) is 2. The topological polar surface area (TPSA) is 143 Å². The summed E-state index contributed by atoms with van der Waals surface area (Å²) in [6, 6.07) is 47.1. The van der Waals surface area contributed by atoms with Gasteiger partial charge in [-0.1, -0.05) is 146 Å². The number of carbonyl (C=O) groups is 2. The van der Waals surface area contributed by atoms with Crippen LogP contribution in [0.1, 0.15) is 78.4 Å². The van der Waals surface area contributed by atoms with Crippen LogP contribution in [0, 0.1) is 0 Å². The van der Waals surface area contributed by atoms with Gasteiger partial charge in [0.05, 0.1) is 0 Å². The van der Waals surface area contributed by atoms with Crippen molar-refractivity contribution in [1.82, 2.24) is 29.8 Å². The number of nitrogens with zero attached hydrogens (tertiary/aromatic N) is 6. The van der Waals surface area contributed by atoms with Crippen LogP contribution in [0.5, 0.6) is 0 Å². The first-order valence-corrected chi connectivity index (χ1v) is 20.1. The molecular weight excluding hydrogens is 757 g/mol. The van der Waals surface area contributed by atoms with E-state index in [0.717, 1.165) is 45.4 Å². The van der Waals surface area contributed by atoms with Gasteiger partial charge in [-0.05, 0) is 71.0 Å². The van der Waals surface area contributed by atoms with Crippen LogP contribution in [0.3, 0.4) is 0 Å². The molecule has 1 aliphatic heterocycles. The fourth-order valence-electron chi connectivity index (χ4n) is 7.98.